The van der Waals surface area contributed by atoms with Crippen molar-refractivity contribution in [1.29, 1.82) is 0 Å². The average Bonchev–Trinajstić information content (AvgIpc) is 3.32. The van der Waals surface area contributed by atoms with Gasteiger partial charge in [-0.3, -0.25) is 0 Å². The molecule has 8 heteroatoms. The van der Waals surface area contributed by atoms with Crippen molar-refractivity contribution in [3.8, 4) is 11.4 Å². The van der Waals surface area contributed by atoms with Crippen LogP contribution in [0.3, 0.4) is 0 Å². The topological polar surface area (TPSA) is 105 Å². The molecule has 0 amide bonds. The minimum absolute atomic E-state index is 0.255. The largest absolute Gasteiger partial charge is 0.441 e. The second-order valence-electron chi connectivity index (χ2n) is 7.78. The Balaban J connectivity index is 1.61. The number of H-pyrrole nitrogens is 1. The molecule has 148 valence electrons. The van der Waals surface area contributed by atoms with Gasteiger partial charge in [0.05, 0.1) is 0 Å². The summed E-state index contributed by atoms with van der Waals surface area (Å²) in [5.41, 5.74) is 5.67. The van der Waals surface area contributed by atoms with E-state index in [0.717, 1.165) is 65.4 Å². The molecule has 29 heavy (non-hydrogen) atoms. The molecule has 3 heterocycles. The van der Waals surface area contributed by atoms with Crippen molar-refractivity contribution < 1.29 is 4.42 Å². The number of aromatic nitrogens is 6. The van der Waals surface area contributed by atoms with Gasteiger partial charge in [-0.05, 0) is 43.9 Å². The number of aromatic amines is 1. The van der Waals surface area contributed by atoms with E-state index in [9.17, 15) is 0 Å². The van der Waals surface area contributed by atoms with Crippen LogP contribution in [0.15, 0.2) is 22.6 Å². The van der Waals surface area contributed by atoms with Gasteiger partial charge in [0.1, 0.15) is 17.0 Å². The third-order valence-corrected chi connectivity index (χ3v) is 5.30. The average molecular weight is 389 g/mol. The number of benzene rings is 1. The standard InChI is InChI=1S/C21H23N7O/c1-11(2)18-21(27-28-26-18)25-20-14-6-4-5-7-15(14)23-19(24-20)13-8-9-16-17(10-13)29-12(3)22-16/h8-11H,4-7H2,1-3H3,(H2,23,24,25,26,27,28). The van der Waals surface area contributed by atoms with E-state index < -0.39 is 0 Å². The van der Waals surface area contributed by atoms with E-state index in [-0.39, 0.29) is 5.92 Å². The summed E-state index contributed by atoms with van der Waals surface area (Å²) in [6.45, 7) is 6.04. The minimum Gasteiger partial charge on any atom is -0.441 e. The van der Waals surface area contributed by atoms with Gasteiger partial charge in [-0.15, -0.1) is 5.10 Å². The lowest BCUT2D eigenvalue weighted by Gasteiger charge is -2.19. The Labute approximate surface area is 168 Å². The predicted molar refractivity (Wildman–Crippen MR) is 110 cm³/mol. The van der Waals surface area contributed by atoms with Gasteiger partial charge < -0.3 is 9.73 Å². The third-order valence-electron chi connectivity index (χ3n) is 5.30. The van der Waals surface area contributed by atoms with Crippen molar-refractivity contribution >= 4 is 22.7 Å². The van der Waals surface area contributed by atoms with Crippen LogP contribution in [-0.4, -0.2) is 30.4 Å². The third kappa shape index (κ3) is 3.24. The Bertz CT molecular complexity index is 1190. The van der Waals surface area contributed by atoms with Crippen molar-refractivity contribution in [2.75, 3.05) is 5.32 Å². The van der Waals surface area contributed by atoms with E-state index in [2.05, 4.69) is 39.6 Å². The second-order valence-corrected chi connectivity index (χ2v) is 7.78. The fourth-order valence-electron chi connectivity index (χ4n) is 3.85. The minimum atomic E-state index is 0.255. The molecule has 5 rings (SSSR count). The van der Waals surface area contributed by atoms with Crippen LogP contribution in [0, 0.1) is 6.92 Å². The summed E-state index contributed by atoms with van der Waals surface area (Å²) >= 11 is 0. The highest BCUT2D eigenvalue weighted by Crippen LogP contribution is 2.32. The van der Waals surface area contributed by atoms with Gasteiger partial charge in [0.25, 0.3) is 0 Å². The van der Waals surface area contributed by atoms with Gasteiger partial charge in [-0.25, -0.2) is 15.0 Å². The molecule has 0 spiro atoms. The van der Waals surface area contributed by atoms with E-state index >= 15 is 0 Å². The van der Waals surface area contributed by atoms with Gasteiger partial charge in [0.2, 0.25) is 0 Å². The number of aryl methyl sites for hydroxylation is 2. The Hall–Kier alpha value is -3.29. The lowest BCUT2D eigenvalue weighted by molar-refractivity contribution is 0.561. The van der Waals surface area contributed by atoms with Crippen LogP contribution in [0.1, 0.15) is 55.4 Å². The zero-order valence-electron chi connectivity index (χ0n) is 16.8. The highest BCUT2D eigenvalue weighted by molar-refractivity contribution is 5.79. The maximum absolute atomic E-state index is 5.70. The first-order valence-electron chi connectivity index (χ1n) is 10.0. The maximum Gasteiger partial charge on any atom is 0.192 e. The van der Waals surface area contributed by atoms with Crippen molar-refractivity contribution in [2.45, 2.75) is 52.4 Å². The van der Waals surface area contributed by atoms with Crippen molar-refractivity contribution in [2.24, 2.45) is 0 Å². The van der Waals surface area contributed by atoms with Crippen LogP contribution in [0.4, 0.5) is 11.6 Å². The Morgan fingerprint density at radius 1 is 1.03 bits per heavy atom. The number of fused-ring (bicyclic) bond motifs is 2. The molecular formula is C21H23N7O. The van der Waals surface area contributed by atoms with Crippen molar-refractivity contribution in [1.82, 2.24) is 30.4 Å². The Morgan fingerprint density at radius 2 is 1.90 bits per heavy atom. The highest BCUT2D eigenvalue weighted by Gasteiger charge is 2.21. The number of nitrogens with one attached hydrogen (secondary N) is 2. The van der Waals surface area contributed by atoms with Crippen LogP contribution in [0.5, 0.6) is 0 Å². The molecule has 3 aromatic heterocycles. The molecule has 0 atom stereocenters. The van der Waals surface area contributed by atoms with Crippen LogP contribution in [-0.2, 0) is 12.8 Å². The Morgan fingerprint density at radius 3 is 2.76 bits per heavy atom. The van der Waals surface area contributed by atoms with Gasteiger partial charge in [0, 0.05) is 29.7 Å². The molecule has 1 aromatic carbocycles. The molecule has 1 aliphatic rings. The number of oxazole rings is 1. The molecule has 0 saturated carbocycles. The summed E-state index contributed by atoms with van der Waals surface area (Å²) in [6, 6.07) is 5.90. The summed E-state index contributed by atoms with van der Waals surface area (Å²) in [7, 11) is 0. The van der Waals surface area contributed by atoms with E-state index in [0.29, 0.717) is 11.7 Å². The first-order valence-corrected chi connectivity index (χ1v) is 10.0. The number of rotatable bonds is 4. The number of hydrogen-bond acceptors (Lipinski definition) is 7. The molecular weight excluding hydrogens is 366 g/mol. The molecule has 0 bridgehead atoms. The fourth-order valence-corrected chi connectivity index (χ4v) is 3.85. The van der Waals surface area contributed by atoms with Crippen LogP contribution in [0.25, 0.3) is 22.5 Å². The van der Waals surface area contributed by atoms with Gasteiger partial charge in [-0.2, -0.15) is 10.3 Å². The van der Waals surface area contributed by atoms with Crippen molar-refractivity contribution in [3.05, 3.63) is 41.0 Å². The summed E-state index contributed by atoms with van der Waals surface area (Å²) < 4.78 is 5.70. The summed E-state index contributed by atoms with van der Waals surface area (Å²) in [5.74, 6) is 3.12. The fraction of sp³-hybridized carbons (Fsp3) is 0.381. The Kier molecular flexibility index (Phi) is 4.26. The SMILES string of the molecule is Cc1nc2ccc(-c3nc4c(c(Nc5n[nH]nc5C(C)C)n3)CCCC4)cc2o1. The highest BCUT2D eigenvalue weighted by atomic mass is 16.3. The summed E-state index contributed by atoms with van der Waals surface area (Å²) in [6.07, 6.45) is 4.21. The normalized spacial score (nSPS) is 13.8. The number of nitrogens with zero attached hydrogens (tertiary/aromatic N) is 5. The van der Waals surface area contributed by atoms with E-state index in [1.165, 1.54) is 5.56 Å². The van der Waals surface area contributed by atoms with Crippen molar-refractivity contribution in [3.63, 3.8) is 0 Å². The predicted octanol–water partition coefficient (Wildman–Crippen LogP) is 4.46. The number of anilines is 2. The summed E-state index contributed by atoms with van der Waals surface area (Å²) in [4.78, 5) is 14.1. The molecule has 0 aliphatic heterocycles. The van der Waals surface area contributed by atoms with Crippen LogP contribution < -0.4 is 5.32 Å². The molecule has 0 unspecified atom stereocenters. The lowest BCUT2D eigenvalue weighted by atomic mass is 9.96. The monoisotopic (exact) mass is 389 g/mol. The quantitative estimate of drug-likeness (QED) is 0.531. The molecule has 1 aliphatic carbocycles. The molecule has 0 saturated heterocycles. The second kappa shape index (κ2) is 6.95. The molecule has 8 nitrogen and oxygen atoms in total. The molecule has 0 radical (unpaired) electrons. The maximum atomic E-state index is 5.70. The zero-order chi connectivity index (χ0) is 20.0. The zero-order valence-corrected chi connectivity index (χ0v) is 16.8. The molecule has 2 N–H and O–H groups in total. The van der Waals surface area contributed by atoms with Crippen LogP contribution in [0.2, 0.25) is 0 Å². The van der Waals surface area contributed by atoms with Gasteiger partial charge in [0.15, 0.2) is 23.1 Å². The first kappa shape index (κ1) is 17.8. The van der Waals surface area contributed by atoms with E-state index in [1.54, 1.807) is 0 Å². The molecule has 0 fully saturated rings. The van der Waals surface area contributed by atoms with E-state index in [1.807, 2.05) is 25.1 Å². The molecule has 4 aromatic rings. The van der Waals surface area contributed by atoms with Gasteiger partial charge >= 0.3 is 0 Å². The lowest BCUT2D eigenvalue weighted by Crippen LogP contribution is -2.12. The van der Waals surface area contributed by atoms with Crippen LogP contribution >= 0.6 is 0 Å². The number of hydrogen-bond donors (Lipinski definition) is 2. The smallest absolute Gasteiger partial charge is 0.192 e. The van der Waals surface area contributed by atoms with E-state index in [4.69, 9.17) is 14.4 Å². The van der Waals surface area contributed by atoms with Gasteiger partial charge in [-0.1, -0.05) is 13.8 Å². The first-order chi connectivity index (χ1) is 14.1. The summed E-state index contributed by atoms with van der Waals surface area (Å²) in [5, 5.41) is 14.7.